The molecule has 6 heteroatoms. The molecule has 1 aromatic rings. The second-order valence-corrected chi connectivity index (χ2v) is 4.65. The van der Waals surface area contributed by atoms with Crippen molar-refractivity contribution in [3.63, 3.8) is 0 Å². The molecule has 0 radical (unpaired) electrons. The summed E-state index contributed by atoms with van der Waals surface area (Å²) in [4.78, 5) is 18.2. The third-order valence-electron chi connectivity index (χ3n) is 3.41. The van der Waals surface area contributed by atoms with Crippen molar-refractivity contribution in [3.8, 4) is 0 Å². The molecule has 1 saturated heterocycles. The molecule has 1 amide bonds. The van der Waals surface area contributed by atoms with Crippen molar-refractivity contribution in [3.05, 3.63) is 34.2 Å². The molecule has 1 aromatic carbocycles. The zero-order valence-electron chi connectivity index (χ0n) is 11.2. The van der Waals surface area contributed by atoms with Gasteiger partial charge in [-0.05, 0) is 30.2 Å². The van der Waals surface area contributed by atoms with Crippen LogP contribution in [0.2, 0.25) is 0 Å². The van der Waals surface area contributed by atoms with E-state index >= 15 is 0 Å². The lowest BCUT2D eigenvalue weighted by atomic mass is 10.1. The number of amides is 1. The van der Waals surface area contributed by atoms with Gasteiger partial charge in [0.25, 0.3) is 0 Å². The van der Waals surface area contributed by atoms with Crippen LogP contribution in [0.15, 0.2) is 23.3 Å². The van der Waals surface area contributed by atoms with Crippen LogP contribution in [0.5, 0.6) is 0 Å². The molecule has 1 aliphatic rings. The van der Waals surface area contributed by atoms with Crippen LogP contribution in [0, 0.1) is 6.92 Å². The first-order valence-corrected chi connectivity index (χ1v) is 6.28. The number of rotatable bonds is 2. The van der Waals surface area contributed by atoms with Gasteiger partial charge in [0.15, 0.2) is 0 Å². The van der Waals surface area contributed by atoms with Crippen molar-refractivity contribution < 1.29 is 4.79 Å². The Bertz CT molecular complexity index is 528. The van der Waals surface area contributed by atoms with Gasteiger partial charge in [0.1, 0.15) is 0 Å². The molecule has 0 bridgehead atoms. The highest BCUT2D eigenvalue weighted by Gasteiger charge is 2.19. The van der Waals surface area contributed by atoms with Gasteiger partial charge in [0.05, 0.1) is 0 Å². The Balaban J connectivity index is 2.11. The molecule has 0 aromatic heterocycles. The molecule has 6 nitrogen and oxygen atoms in total. The fraction of sp³-hybridized carbons (Fsp3) is 0.462. The highest BCUT2D eigenvalue weighted by molar-refractivity contribution is 5.73. The fourth-order valence-corrected chi connectivity index (χ4v) is 2.37. The number of benzene rings is 1. The predicted molar refractivity (Wildman–Crippen MR) is 74.5 cm³/mol. The summed E-state index contributed by atoms with van der Waals surface area (Å²) < 4.78 is 0. The molecule has 0 spiro atoms. The summed E-state index contributed by atoms with van der Waals surface area (Å²) in [6, 6.07) is 5.68. The number of piperazine rings is 1. The molecule has 2 rings (SSSR count). The average molecular weight is 259 g/mol. The lowest BCUT2D eigenvalue weighted by Crippen LogP contribution is -2.48. The number of carbonyl (C=O) groups excluding carboxylic acids is 1. The topological polar surface area (TPSA) is 72.3 Å². The Hall–Kier alpha value is -2.20. The number of nitrogens with zero attached hydrogens (tertiary/aromatic N) is 5. The van der Waals surface area contributed by atoms with Crippen LogP contribution < -0.4 is 4.90 Å². The van der Waals surface area contributed by atoms with Crippen molar-refractivity contribution in [2.24, 2.45) is 5.11 Å². The van der Waals surface area contributed by atoms with Crippen LogP contribution >= 0.6 is 0 Å². The van der Waals surface area contributed by atoms with Crippen molar-refractivity contribution >= 4 is 17.3 Å². The Kier molecular flexibility index (Phi) is 3.92. The molecule has 0 N–H and O–H groups in total. The first-order valence-electron chi connectivity index (χ1n) is 6.28. The van der Waals surface area contributed by atoms with Gasteiger partial charge in [-0.1, -0.05) is 11.2 Å². The van der Waals surface area contributed by atoms with Gasteiger partial charge in [0, 0.05) is 49.4 Å². The van der Waals surface area contributed by atoms with E-state index in [0.29, 0.717) is 5.69 Å². The predicted octanol–water partition coefficient (Wildman–Crippen LogP) is 2.61. The van der Waals surface area contributed by atoms with Gasteiger partial charge in [-0.15, -0.1) is 0 Å². The van der Waals surface area contributed by atoms with Gasteiger partial charge in [-0.2, -0.15) is 0 Å². The van der Waals surface area contributed by atoms with E-state index < -0.39 is 0 Å². The smallest absolute Gasteiger partial charge is 0.219 e. The summed E-state index contributed by atoms with van der Waals surface area (Å²) in [5.41, 5.74) is 11.3. The van der Waals surface area contributed by atoms with Crippen LogP contribution in [0.1, 0.15) is 12.5 Å². The molecule has 19 heavy (non-hydrogen) atoms. The number of anilines is 1. The van der Waals surface area contributed by atoms with Crippen molar-refractivity contribution in [1.82, 2.24) is 4.90 Å². The molecule has 100 valence electrons. The van der Waals surface area contributed by atoms with Crippen LogP contribution in [0.25, 0.3) is 10.4 Å². The maximum Gasteiger partial charge on any atom is 0.219 e. The third-order valence-corrected chi connectivity index (χ3v) is 3.41. The zero-order chi connectivity index (χ0) is 13.8. The third kappa shape index (κ3) is 2.98. The minimum atomic E-state index is 0.134. The summed E-state index contributed by atoms with van der Waals surface area (Å²) >= 11 is 0. The first-order chi connectivity index (χ1) is 9.11. The Labute approximate surface area is 112 Å². The maximum absolute atomic E-state index is 11.3. The van der Waals surface area contributed by atoms with E-state index in [1.165, 1.54) is 0 Å². The lowest BCUT2D eigenvalue weighted by molar-refractivity contribution is -0.129. The number of aryl methyl sites for hydroxylation is 1. The number of carbonyl (C=O) groups is 1. The fourth-order valence-electron chi connectivity index (χ4n) is 2.37. The summed E-state index contributed by atoms with van der Waals surface area (Å²) in [7, 11) is 0. The van der Waals surface area contributed by atoms with Crippen LogP contribution in [-0.2, 0) is 4.79 Å². The minimum absolute atomic E-state index is 0.134. The second kappa shape index (κ2) is 5.63. The minimum Gasteiger partial charge on any atom is -0.368 e. The molecule has 0 aliphatic carbocycles. The summed E-state index contributed by atoms with van der Waals surface area (Å²) in [6.07, 6.45) is 0. The second-order valence-electron chi connectivity index (χ2n) is 4.65. The van der Waals surface area contributed by atoms with E-state index in [1.54, 1.807) is 6.92 Å². The van der Waals surface area contributed by atoms with Gasteiger partial charge in [0.2, 0.25) is 5.91 Å². The molecule has 1 heterocycles. The van der Waals surface area contributed by atoms with Crippen molar-refractivity contribution in [2.75, 3.05) is 31.1 Å². The standard InChI is InChI=1S/C13H17N5O/c1-10-9-12(15-16-14)3-4-13(10)18-7-5-17(6-8-18)11(2)19/h3-4,9H,5-8H2,1-2H3. The van der Waals surface area contributed by atoms with Gasteiger partial charge in [-0.3, -0.25) is 4.79 Å². The van der Waals surface area contributed by atoms with E-state index in [-0.39, 0.29) is 5.91 Å². The largest absolute Gasteiger partial charge is 0.368 e. The van der Waals surface area contributed by atoms with Crippen LogP contribution in [0.3, 0.4) is 0 Å². The summed E-state index contributed by atoms with van der Waals surface area (Å²) in [5.74, 6) is 0.134. The van der Waals surface area contributed by atoms with E-state index in [0.717, 1.165) is 37.4 Å². The van der Waals surface area contributed by atoms with Crippen LogP contribution in [-0.4, -0.2) is 37.0 Å². The first kappa shape index (κ1) is 13.2. The number of azide groups is 1. The zero-order valence-corrected chi connectivity index (χ0v) is 11.2. The molecule has 0 saturated carbocycles. The molecule has 0 atom stereocenters. The number of hydrogen-bond acceptors (Lipinski definition) is 3. The van der Waals surface area contributed by atoms with E-state index in [2.05, 4.69) is 14.9 Å². The maximum atomic E-state index is 11.3. The number of hydrogen-bond donors (Lipinski definition) is 0. The molecular weight excluding hydrogens is 242 g/mol. The van der Waals surface area contributed by atoms with Gasteiger partial charge >= 0.3 is 0 Å². The van der Waals surface area contributed by atoms with E-state index in [1.807, 2.05) is 30.0 Å². The van der Waals surface area contributed by atoms with E-state index in [4.69, 9.17) is 5.53 Å². The normalized spacial score (nSPS) is 15.1. The van der Waals surface area contributed by atoms with Gasteiger partial charge in [-0.25, -0.2) is 0 Å². The van der Waals surface area contributed by atoms with Crippen LogP contribution in [0.4, 0.5) is 11.4 Å². The Morgan fingerprint density at radius 1 is 1.32 bits per heavy atom. The molecule has 1 fully saturated rings. The van der Waals surface area contributed by atoms with Crippen molar-refractivity contribution in [2.45, 2.75) is 13.8 Å². The summed E-state index contributed by atoms with van der Waals surface area (Å²) in [5, 5.41) is 3.60. The molecular formula is C13H17N5O. The summed E-state index contributed by atoms with van der Waals surface area (Å²) in [6.45, 7) is 6.79. The van der Waals surface area contributed by atoms with E-state index in [9.17, 15) is 4.79 Å². The average Bonchev–Trinajstić information content (AvgIpc) is 2.39. The monoisotopic (exact) mass is 259 g/mol. The van der Waals surface area contributed by atoms with Crippen molar-refractivity contribution in [1.29, 1.82) is 0 Å². The highest BCUT2D eigenvalue weighted by atomic mass is 16.2. The Morgan fingerprint density at radius 3 is 2.53 bits per heavy atom. The quantitative estimate of drug-likeness (QED) is 0.465. The lowest BCUT2D eigenvalue weighted by Gasteiger charge is -2.36. The Morgan fingerprint density at radius 2 is 2.00 bits per heavy atom. The SMILES string of the molecule is CC(=O)N1CCN(c2ccc(N=[N+]=[N-])cc2C)CC1. The highest BCUT2D eigenvalue weighted by Crippen LogP contribution is 2.26. The molecule has 1 aliphatic heterocycles. The van der Waals surface area contributed by atoms with Gasteiger partial charge < -0.3 is 9.80 Å². The molecule has 0 unspecified atom stereocenters.